The quantitative estimate of drug-likeness (QED) is 0.800. The Morgan fingerprint density at radius 1 is 1.14 bits per heavy atom. The lowest BCUT2D eigenvalue weighted by atomic mass is 10.00. The van der Waals surface area contributed by atoms with Crippen LogP contribution in [0.3, 0.4) is 0 Å². The van der Waals surface area contributed by atoms with Crippen molar-refractivity contribution in [2.45, 2.75) is 32.7 Å². The Hall–Kier alpha value is -2.15. The first-order valence-corrected chi connectivity index (χ1v) is 7.48. The average molecular weight is 282 g/mol. The Kier molecular flexibility index (Phi) is 3.50. The minimum absolute atomic E-state index is 0.00897. The number of hydrogen-bond acceptors (Lipinski definition) is 3. The van der Waals surface area contributed by atoms with Crippen molar-refractivity contribution in [1.82, 2.24) is 4.90 Å². The van der Waals surface area contributed by atoms with E-state index in [1.165, 1.54) is 4.90 Å². The fourth-order valence-corrected chi connectivity index (χ4v) is 3.55. The van der Waals surface area contributed by atoms with Gasteiger partial charge in [0.15, 0.2) is 0 Å². The number of carbonyl (C=O) groups is 2. The fraction of sp³-hybridized carbons (Fsp3) is 0.471. The van der Waals surface area contributed by atoms with Gasteiger partial charge in [0.1, 0.15) is 0 Å². The van der Waals surface area contributed by atoms with E-state index in [9.17, 15) is 9.59 Å². The summed E-state index contributed by atoms with van der Waals surface area (Å²) in [5, 5.41) is 8.79. The van der Waals surface area contributed by atoms with Crippen molar-refractivity contribution < 1.29 is 9.59 Å². The van der Waals surface area contributed by atoms with Crippen molar-refractivity contribution in [2.75, 3.05) is 0 Å². The summed E-state index contributed by atoms with van der Waals surface area (Å²) >= 11 is 0. The summed E-state index contributed by atoms with van der Waals surface area (Å²) in [6.45, 7) is 2.45. The van der Waals surface area contributed by atoms with Gasteiger partial charge in [-0.3, -0.25) is 14.5 Å². The van der Waals surface area contributed by atoms with Crippen LogP contribution in [0.1, 0.15) is 37.3 Å². The van der Waals surface area contributed by atoms with Gasteiger partial charge in [-0.2, -0.15) is 5.26 Å². The second-order valence-electron chi connectivity index (χ2n) is 6.03. The van der Waals surface area contributed by atoms with Crippen molar-refractivity contribution in [3.63, 3.8) is 0 Å². The standard InChI is InChI=1S/C17H18N2O2/c1-2-11-7-14-15(8-11)17(21)19(16(14)20)10-13-5-3-12(9-18)4-6-13/h3-6,11,14-15H,2,7-8,10H2,1H3. The van der Waals surface area contributed by atoms with Gasteiger partial charge in [-0.1, -0.05) is 25.5 Å². The highest BCUT2D eigenvalue weighted by Gasteiger charge is 2.51. The number of fused-ring (bicyclic) bond motifs is 1. The van der Waals surface area contributed by atoms with E-state index >= 15 is 0 Å². The number of nitrogens with zero attached hydrogens (tertiary/aromatic N) is 2. The van der Waals surface area contributed by atoms with Crippen LogP contribution in [0.2, 0.25) is 0 Å². The number of carbonyl (C=O) groups excluding carboxylic acids is 2. The number of hydrogen-bond donors (Lipinski definition) is 0. The van der Waals surface area contributed by atoms with Gasteiger partial charge >= 0.3 is 0 Å². The molecule has 2 amide bonds. The molecule has 1 aromatic rings. The Morgan fingerprint density at radius 3 is 2.19 bits per heavy atom. The normalized spacial score (nSPS) is 27.8. The van der Waals surface area contributed by atoms with Crippen LogP contribution in [-0.4, -0.2) is 16.7 Å². The average Bonchev–Trinajstić information content (AvgIpc) is 3.03. The Bertz CT molecular complexity index is 591. The van der Waals surface area contributed by atoms with E-state index in [0.717, 1.165) is 24.8 Å². The summed E-state index contributed by atoms with van der Waals surface area (Å²) in [5.41, 5.74) is 1.48. The number of imide groups is 1. The Balaban J connectivity index is 1.74. The van der Waals surface area contributed by atoms with Crippen LogP contribution in [0.15, 0.2) is 24.3 Å². The summed E-state index contributed by atoms with van der Waals surface area (Å²) in [5.74, 6) is 0.308. The van der Waals surface area contributed by atoms with Crippen LogP contribution in [0, 0.1) is 29.1 Å². The van der Waals surface area contributed by atoms with Crippen molar-refractivity contribution in [2.24, 2.45) is 17.8 Å². The van der Waals surface area contributed by atoms with E-state index in [2.05, 4.69) is 13.0 Å². The van der Waals surface area contributed by atoms with Crippen LogP contribution in [-0.2, 0) is 16.1 Å². The first-order chi connectivity index (χ1) is 10.1. The van der Waals surface area contributed by atoms with Crippen molar-refractivity contribution in [3.05, 3.63) is 35.4 Å². The molecule has 3 rings (SSSR count). The predicted molar refractivity (Wildman–Crippen MR) is 76.7 cm³/mol. The van der Waals surface area contributed by atoms with Gasteiger partial charge in [0.05, 0.1) is 30.0 Å². The van der Waals surface area contributed by atoms with Gasteiger partial charge in [-0.25, -0.2) is 0 Å². The highest BCUT2D eigenvalue weighted by Crippen LogP contribution is 2.44. The number of nitriles is 1. The van der Waals surface area contributed by atoms with E-state index in [4.69, 9.17) is 5.26 Å². The van der Waals surface area contributed by atoms with Gasteiger partial charge < -0.3 is 0 Å². The predicted octanol–water partition coefficient (Wildman–Crippen LogP) is 2.48. The molecule has 0 bridgehead atoms. The Labute approximate surface area is 124 Å². The highest BCUT2D eigenvalue weighted by atomic mass is 16.2. The van der Waals surface area contributed by atoms with Crippen LogP contribution in [0.4, 0.5) is 0 Å². The van der Waals surface area contributed by atoms with Crippen LogP contribution in [0.5, 0.6) is 0 Å². The second kappa shape index (κ2) is 5.33. The van der Waals surface area contributed by atoms with Crippen LogP contribution >= 0.6 is 0 Å². The maximum Gasteiger partial charge on any atom is 0.233 e. The Morgan fingerprint density at radius 2 is 1.71 bits per heavy atom. The first kappa shape index (κ1) is 13.8. The summed E-state index contributed by atoms with van der Waals surface area (Å²) in [4.78, 5) is 26.3. The monoisotopic (exact) mass is 282 g/mol. The smallest absolute Gasteiger partial charge is 0.233 e. The summed E-state index contributed by atoms with van der Waals surface area (Å²) in [7, 11) is 0. The largest absolute Gasteiger partial charge is 0.278 e. The zero-order valence-corrected chi connectivity index (χ0v) is 12.1. The number of rotatable bonds is 3. The molecule has 2 fully saturated rings. The molecule has 2 unspecified atom stereocenters. The molecule has 0 radical (unpaired) electrons. The molecule has 1 aliphatic carbocycles. The summed E-state index contributed by atoms with van der Waals surface area (Å²) in [6.07, 6.45) is 2.76. The molecule has 4 heteroatoms. The van der Waals surface area contributed by atoms with E-state index in [1.54, 1.807) is 12.1 Å². The van der Waals surface area contributed by atoms with E-state index in [1.807, 2.05) is 12.1 Å². The third kappa shape index (κ3) is 2.33. The summed E-state index contributed by atoms with van der Waals surface area (Å²) < 4.78 is 0. The molecule has 21 heavy (non-hydrogen) atoms. The van der Waals surface area contributed by atoms with Crippen molar-refractivity contribution in [3.8, 4) is 6.07 Å². The van der Waals surface area contributed by atoms with Crippen LogP contribution in [0.25, 0.3) is 0 Å². The van der Waals surface area contributed by atoms with Gasteiger partial charge in [-0.05, 0) is 36.5 Å². The van der Waals surface area contributed by atoms with Crippen LogP contribution < -0.4 is 0 Å². The lowest BCUT2D eigenvalue weighted by molar-refractivity contribution is -0.141. The highest BCUT2D eigenvalue weighted by molar-refractivity contribution is 6.05. The molecule has 0 aromatic heterocycles. The molecule has 108 valence electrons. The van der Waals surface area contributed by atoms with E-state index in [0.29, 0.717) is 18.0 Å². The molecule has 1 heterocycles. The third-order valence-electron chi connectivity index (χ3n) is 4.83. The number of amides is 2. The molecule has 2 aliphatic rings. The molecule has 4 nitrogen and oxygen atoms in total. The van der Waals surface area contributed by atoms with Crippen molar-refractivity contribution >= 4 is 11.8 Å². The minimum atomic E-state index is -0.0965. The molecule has 1 saturated heterocycles. The zero-order chi connectivity index (χ0) is 15.0. The molecule has 2 atom stereocenters. The van der Waals surface area contributed by atoms with Gasteiger partial charge in [0.25, 0.3) is 0 Å². The molecule has 1 aromatic carbocycles. The van der Waals surface area contributed by atoms with Gasteiger partial charge in [-0.15, -0.1) is 0 Å². The molecular formula is C17H18N2O2. The molecule has 0 N–H and O–H groups in total. The second-order valence-corrected chi connectivity index (χ2v) is 6.03. The maximum atomic E-state index is 12.4. The molecule has 1 saturated carbocycles. The lowest BCUT2D eigenvalue weighted by Gasteiger charge is -2.17. The summed E-state index contributed by atoms with van der Waals surface area (Å²) in [6, 6.07) is 9.11. The number of likely N-dealkylation sites (tertiary alicyclic amines) is 1. The van der Waals surface area contributed by atoms with E-state index < -0.39 is 0 Å². The molecule has 0 spiro atoms. The maximum absolute atomic E-state index is 12.4. The minimum Gasteiger partial charge on any atom is -0.278 e. The van der Waals surface area contributed by atoms with Crippen molar-refractivity contribution in [1.29, 1.82) is 5.26 Å². The first-order valence-electron chi connectivity index (χ1n) is 7.48. The topological polar surface area (TPSA) is 61.2 Å². The third-order valence-corrected chi connectivity index (χ3v) is 4.83. The van der Waals surface area contributed by atoms with Gasteiger partial charge in [0, 0.05) is 0 Å². The van der Waals surface area contributed by atoms with Gasteiger partial charge in [0.2, 0.25) is 11.8 Å². The molecule has 1 aliphatic heterocycles. The SMILES string of the molecule is CCC1CC2C(=O)N(Cc3ccc(C#N)cc3)C(=O)C2C1. The molecular weight excluding hydrogens is 264 g/mol. The lowest BCUT2D eigenvalue weighted by Crippen LogP contribution is -2.31. The number of benzene rings is 1. The fourth-order valence-electron chi connectivity index (χ4n) is 3.55. The van der Waals surface area contributed by atoms with E-state index in [-0.39, 0.29) is 23.7 Å². The zero-order valence-electron chi connectivity index (χ0n) is 12.1.